The summed E-state index contributed by atoms with van der Waals surface area (Å²) in [6.45, 7) is 4.49. The van der Waals surface area contributed by atoms with Gasteiger partial charge in [0.05, 0.1) is 12.0 Å². The summed E-state index contributed by atoms with van der Waals surface area (Å²) < 4.78 is 5.04. The first-order chi connectivity index (χ1) is 7.99. The van der Waals surface area contributed by atoms with Gasteiger partial charge < -0.3 is 15.8 Å². The van der Waals surface area contributed by atoms with Crippen molar-refractivity contribution in [2.45, 2.75) is 20.5 Å². The number of carbonyl (C=O) groups is 1. The summed E-state index contributed by atoms with van der Waals surface area (Å²) in [5.41, 5.74) is 6.79. The Labute approximate surface area is 102 Å². The van der Waals surface area contributed by atoms with E-state index in [9.17, 15) is 4.79 Å². The molecule has 0 heterocycles. The number of ether oxygens (including phenoxy) is 1. The number of benzene rings is 1. The monoisotopic (exact) mass is 236 g/mol. The molecule has 1 aromatic carbocycles. The number of hydrogen-bond donors (Lipinski definition) is 2. The van der Waals surface area contributed by atoms with Gasteiger partial charge in [-0.25, -0.2) is 0 Å². The second-order valence-electron chi connectivity index (χ2n) is 4.68. The maximum Gasteiger partial charge on any atom is 0.231 e. The van der Waals surface area contributed by atoms with E-state index in [-0.39, 0.29) is 5.91 Å². The van der Waals surface area contributed by atoms with Crippen molar-refractivity contribution in [2.24, 2.45) is 11.1 Å². The van der Waals surface area contributed by atoms with Gasteiger partial charge in [-0.3, -0.25) is 4.79 Å². The van der Waals surface area contributed by atoms with Crippen LogP contribution in [0.5, 0.6) is 0 Å². The van der Waals surface area contributed by atoms with E-state index in [1.807, 2.05) is 38.1 Å². The number of anilines is 1. The van der Waals surface area contributed by atoms with Gasteiger partial charge in [0.1, 0.15) is 0 Å². The van der Waals surface area contributed by atoms with Crippen molar-refractivity contribution < 1.29 is 9.53 Å². The summed E-state index contributed by atoms with van der Waals surface area (Å²) in [5, 5.41) is 2.86. The van der Waals surface area contributed by atoms with E-state index < -0.39 is 5.41 Å². The van der Waals surface area contributed by atoms with Crippen molar-refractivity contribution in [3.05, 3.63) is 29.8 Å². The molecule has 0 saturated heterocycles. The lowest BCUT2D eigenvalue weighted by Crippen LogP contribution is -2.37. The van der Waals surface area contributed by atoms with Gasteiger partial charge in [0.15, 0.2) is 0 Å². The lowest BCUT2D eigenvalue weighted by Gasteiger charge is -2.21. The minimum absolute atomic E-state index is 0.0745. The second kappa shape index (κ2) is 5.80. The fourth-order valence-corrected chi connectivity index (χ4v) is 1.30. The Morgan fingerprint density at radius 1 is 1.47 bits per heavy atom. The Morgan fingerprint density at radius 3 is 2.76 bits per heavy atom. The summed E-state index contributed by atoms with van der Waals surface area (Å²) in [5.74, 6) is -0.0745. The topological polar surface area (TPSA) is 64.3 Å². The molecule has 0 unspecified atom stereocenters. The van der Waals surface area contributed by atoms with E-state index in [1.54, 1.807) is 7.11 Å². The van der Waals surface area contributed by atoms with Gasteiger partial charge in [-0.2, -0.15) is 0 Å². The standard InChI is InChI=1S/C13H20N2O2/c1-13(2,9-14)12(16)15-11-6-4-5-10(7-11)8-17-3/h4-7H,8-9,14H2,1-3H3,(H,15,16). The van der Waals surface area contributed by atoms with Crippen LogP contribution in [0.25, 0.3) is 0 Å². The first-order valence-corrected chi connectivity index (χ1v) is 5.59. The van der Waals surface area contributed by atoms with Gasteiger partial charge in [0.2, 0.25) is 5.91 Å². The zero-order valence-electron chi connectivity index (χ0n) is 10.6. The highest BCUT2D eigenvalue weighted by Gasteiger charge is 2.25. The van der Waals surface area contributed by atoms with Crippen LogP contribution in [-0.4, -0.2) is 19.6 Å². The van der Waals surface area contributed by atoms with Crippen LogP contribution in [0.1, 0.15) is 19.4 Å². The van der Waals surface area contributed by atoms with E-state index in [1.165, 1.54) is 0 Å². The maximum absolute atomic E-state index is 11.9. The molecule has 4 nitrogen and oxygen atoms in total. The number of methoxy groups -OCH3 is 1. The van der Waals surface area contributed by atoms with Crippen LogP contribution in [0.4, 0.5) is 5.69 Å². The fraction of sp³-hybridized carbons (Fsp3) is 0.462. The van der Waals surface area contributed by atoms with Gasteiger partial charge in [-0.15, -0.1) is 0 Å². The van der Waals surface area contributed by atoms with Crippen LogP contribution in [0.15, 0.2) is 24.3 Å². The minimum Gasteiger partial charge on any atom is -0.380 e. The highest BCUT2D eigenvalue weighted by atomic mass is 16.5. The van der Waals surface area contributed by atoms with Crippen molar-refractivity contribution in [3.8, 4) is 0 Å². The molecule has 1 amide bonds. The fourth-order valence-electron chi connectivity index (χ4n) is 1.30. The zero-order chi connectivity index (χ0) is 12.9. The highest BCUT2D eigenvalue weighted by molar-refractivity contribution is 5.95. The molecule has 0 saturated carbocycles. The third kappa shape index (κ3) is 3.84. The molecular formula is C13H20N2O2. The molecule has 0 spiro atoms. The van der Waals surface area contributed by atoms with Crippen LogP contribution in [0.2, 0.25) is 0 Å². The van der Waals surface area contributed by atoms with Crippen molar-refractivity contribution in [1.82, 2.24) is 0 Å². The summed E-state index contributed by atoms with van der Waals surface area (Å²) in [6.07, 6.45) is 0. The highest BCUT2D eigenvalue weighted by Crippen LogP contribution is 2.18. The Hall–Kier alpha value is -1.39. The first kappa shape index (κ1) is 13.7. The Morgan fingerprint density at radius 2 is 2.18 bits per heavy atom. The maximum atomic E-state index is 11.9. The normalized spacial score (nSPS) is 11.3. The molecule has 0 aromatic heterocycles. The lowest BCUT2D eigenvalue weighted by molar-refractivity contribution is -0.123. The van der Waals surface area contributed by atoms with E-state index >= 15 is 0 Å². The molecule has 0 aliphatic heterocycles. The third-order valence-electron chi connectivity index (χ3n) is 2.62. The second-order valence-corrected chi connectivity index (χ2v) is 4.68. The number of nitrogens with two attached hydrogens (primary N) is 1. The number of amides is 1. The molecule has 0 atom stereocenters. The quantitative estimate of drug-likeness (QED) is 0.818. The summed E-state index contributed by atoms with van der Waals surface area (Å²) in [7, 11) is 1.64. The Bertz CT molecular complexity index is 389. The van der Waals surface area contributed by atoms with Crippen LogP contribution in [0.3, 0.4) is 0 Å². The smallest absolute Gasteiger partial charge is 0.231 e. The Kier molecular flexibility index (Phi) is 4.66. The van der Waals surface area contributed by atoms with Crippen LogP contribution < -0.4 is 11.1 Å². The van der Waals surface area contributed by atoms with Crippen molar-refractivity contribution in [3.63, 3.8) is 0 Å². The predicted octanol–water partition coefficient (Wildman–Crippen LogP) is 1.76. The van der Waals surface area contributed by atoms with Crippen LogP contribution in [-0.2, 0) is 16.1 Å². The van der Waals surface area contributed by atoms with Crippen molar-refractivity contribution in [1.29, 1.82) is 0 Å². The average Bonchev–Trinajstić information content (AvgIpc) is 2.30. The number of hydrogen-bond acceptors (Lipinski definition) is 3. The number of carbonyl (C=O) groups excluding carboxylic acids is 1. The van der Waals surface area contributed by atoms with E-state index in [0.717, 1.165) is 11.3 Å². The van der Waals surface area contributed by atoms with Crippen molar-refractivity contribution in [2.75, 3.05) is 19.0 Å². The van der Waals surface area contributed by atoms with E-state index in [2.05, 4.69) is 5.32 Å². The summed E-state index contributed by atoms with van der Waals surface area (Å²) >= 11 is 0. The lowest BCUT2D eigenvalue weighted by atomic mass is 9.92. The molecule has 4 heteroatoms. The van der Waals surface area contributed by atoms with E-state index in [0.29, 0.717) is 13.2 Å². The molecule has 3 N–H and O–H groups in total. The molecule has 1 rings (SSSR count). The predicted molar refractivity (Wildman–Crippen MR) is 68.6 cm³/mol. The largest absolute Gasteiger partial charge is 0.380 e. The van der Waals surface area contributed by atoms with Crippen LogP contribution in [0, 0.1) is 5.41 Å². The molecule has 0 bridgehead atoms. The van der Waals surface area contributed by atoms with Gasteiger partial charge in [0.25, 0.3) is 0 Å². The van der Waals surface area contributed by atoms with E-state index in [4.69, 9.17) is 10.5 Å². The summed E-state index contributed by atoms with van der Waals surface area (Å²) in [4.78, 5) is 11.9. The number of nitrogens with one attached hydrogen (secondary N) is 1. The summed E-state index contributed by atoms with van der Waals surface area (Å²) in [6, 6.07) is 7.59. The van der Waals surface area contributed by atoms with Crippen LogP contribution >= 0.6 is 0 Å². The minimum atomic E-state index is -0.558. The molecule has 94 valence electrons. The molecule has 0 fully saturated rings. The van der Waals surface area contributed by atoms with Gasteiger partial charge in [0, 0.05) is 19.3 Å². The molecule has 1 aromatic rings. The SMILES string of the molecule is COCc1cccc(NC(=O)C(C)(C)CN)c1. The molecule has 17 heavy (non-hydrogen) atoms. The Balaban J connectivity index is 2.75. The van der Waals surface area contributed by atoms with Gasteiger partial charge in [-0.1, -0.05) is 12.1 Å². The van der Waals surface area contributed by atoms with Gasteiger partial charge >= 0.3 is 0 Å². The third-order valence-corrected chi connectivity index (χ3v) is 2.62. The molecule has 0 aliphatic carbocycles. The zero-order valence-corrected chi connectivity index (χ0v) is 10.6. The van der Waals surface area contributed by atoms with Crippen molar-refractivity contribution >= 4 is 11.6 Å². The molecule has 0 radical (unpaired) electrons. The first-order valence-electron chi connectivity index (χ1n) is 5.59. The molecular weight excluding hydrogens is 216 g/mol. The van der Waals surface area contributed by atoms with Gasteiger partial charge in [-0.05, 0) is 31.5 Å². The molecule has 0 aliphatic rings. The average molecular weight is 236 g/mol. The number of rotatable bonds is 5.